The molecule has 0 spiro atoms. The lowest BCUT2D eigenvalue weighted by atomic mass is 10.2. The SMILES string of the molecule is CC(NC(=O)c1ccc(Br)c(Cl)c1)c1nncn1C. The first-order valence-corrected chi connectivity index (χ1v) is 6.76. The Hall–Kier alpha value is -1.40. The van der Waals surface area contributed by atoms with Crippen molar-refractivity contribution in [3.63, 3.8) is 0 Å². The number of amides is 1. The summed E-state index contributed by atoms with van der Waals surface area (Å²) >= 11 is 9.25. The minimum Gasteiger partial charge on any atom is -0.342 e. The highest BCUT2D eigenvalue weighted by atomic mass is 79.9. The van der Waals surface area contributed by atoms with E-state index in [0.717, 1.165) is 4.47 Å². The summed E-state index contributed by atoms with van der Waals surface area (Å²) in [5.74, 6) is 0.487. The first-order valence-electron chi connectivity index (χ1n) is 5.59. The van der Waals surface area contributed by atoms with E-state index >= 15 is 0 Å². The Morgan fingerprint density at radius 3 is 2.84 bits per heavy atom. The monoisotopic (exact) mass is 342 g/mol. The third-order valence-electron chi connectivity index (χ3n) is 2.66. The van der Waals surface area contributed by atoms with Crippen LogP contribution in [-0.2, 0) is 7.05 Å². The van der Waals surface area contributed by atoms with Crippen LogP contribution in [0, 0.1) is 0 Å². The smallest absolute Gasteiger partial charge is 0.251 e. The van der Waals surface area contributed by atoms with E-state index in [2.05, 4.69) is 31.4 Å². The Bertz CT molecular complexity index is 614. The number of hydrogen-bond donors (Lipinski definition) is 1. The minimum atomic E-state index is -0.234. The molecular weight excluding hydrogens is 332 g/mol. The lowest BCUT2D eigenvalue weighted by Gasteiger charge is -2.13. The van der Waals surface area contributed by atoms with Crippen LogP contribution in [0.2, 0.25) is 5.02 Å². The predicted octanol–water partition coefficient (Wildman–Crippen LogP) is 2.72. The van der Waals surface area contributed by atoms with E-state index in [4.69, 9.17) is 11.6 Å². The van der Waals surface area contributed by atoms with Gasteiger partial charge in [-0.15, -0.1) is 10.2 Å². The summed E-state index contributed by atoms with van der Waals surface area (Å²) in [6.45, 7) is 1.85. The van der Waals surface area contributed by atoms with Crippen molar-refractivity contribution in [3.05, 3.63) is 45.4 Å². The molecule has 1 heterocycles. The number of carbonyl (C=O) groups excluding carboxylic acids is 1. The lowest BCUT2D eigenvalue weighted by molar-refractivity contribution is 0.0938. The number of rotatable bonds is 3. The normalized spacial score (nSPS) is 12.2. The van der Waals surface area contributed by atoms with Crippen LogP contribution in [0.3, 0.4) is 0 Å². The van der Waals surface area contributed by atoms with Gasteiger partial charge >= 0.3 is 0 Å². The number of aryl methyl sites for hydroxylation is 1. The number of benzene rings is 1. The molecule has 2 aromatic rings. The van der Waals surface area contributed by atoms with Gasteiger partial charge in [-0.1, -0.05) is 11.6 Å². The molecule has 0 bridgehead atoms. The molecular formula is C12H12BrClN4O. The Labute approximate surface area is 124 Å². The van der Waals surface area contributed by atoms with Gasteiger partial charge in [0.2, 0.25) is 0 Å². The third kappa shape index (κ3) is 3.13. The summed E-state index contributed by atoms with van der Waals surface area (Å²) in [5, 5.41) is 11.1. The molecule has 0 saturated carbocycles. The predicted molar refractivity (Wildman–Crippen MR) is 76.0 cm³/mol. The van der Waals surface area contributed by atoms with E-state index in [1.165, 1.54) is 0 Å². The summed E-state index contributed by atoms with van der Waals surface area (Å²) < 4.78 is 2.52. The van der Waals surface area contributed by atoms with Crippen LogP contribution in [0.5, 0.6) is 0 Å². The Morgan fingerprint density at radius 1 is 1.53 bits per heavy atom. The van der Waals surface area contributed by atoms with Crippen molar-refractivity contribution >= 4 is 33.4 Å². The number of carbonyl (C=O) groups is 1. The third-order valence-corrected chi connectivity index (χ3v) is 3.90. The molecule has 0 aliphatic heterocycles. The topological polar surface area (TPSA) is 59.8 Å². The van der Waals surface area contributed by atoms with Gasteiger partial charge in [0, 0.05) is 17.1 Å². The van der Waals surface area contributed by atoms with Gasteiger partial charge in [0.05, 0.1) is 11.1 Å². The average molecular weight is 344 g/mol. The number of aromatic nitrogens is 3. The zero-order valence-corrected chi connectivity index (χ0v) is 12.7. The van der Waals surface area contributed by atoms with E-state index < -0.39 is 0 Å². The molecule has 19 heavy (non-hydrogen) atoms. The highest BCUT2D eigenvalue weighted by molar-refractivity contribution is 9.10. The van der Waals surface area contributed by atoms with Crippen molar-refractivity contribution in [2.24, 2.45) is 7.05 Å². The van der Waals surface area contributed by atoms with Crippen LogP contribution in [0.25, 0.3) is 0 Å². The Kier molecular flexibility index (Phi) is 4.21. The summed E-state index contributed by atoms with van der Waals surface area (Å²) in [6.07, 6.45) is 1.59. The maximum Gasteiger partial charge on any atom is 0.251 e. The van der Waals surface area contributed by atoms with Crippen molar-refractivity contribution in [3.8, 4) is 0 Å². The van der Waals surface area contributed by atoms with Crippen LogP contribution in [0.4, 0.5) is 0 Å². The second-order valence-electron chi connectivity index (χ2n) is 4.12. The lowest BCUT2D eigenvalue weighted by Crippen LogP contribution is -2.28. The van der Waals surface area contributed by atoms with Gasteiger partial charge in [-0.3, -0.25) is 4.79 Å². The number of nitrogens with zero attached hydrogens (tertiary/aromatic N) is 3. The van der Waals surface area contributed by atoms with Gasteiger partial charge in [0.1, 0.15) is 6.33 Å². The molecule has 0 fully saturated rings. The van der Waals surface area contributed by atoms with Gasteiger partial charge in [0.15, 0.2) is 5.82 Å². The summed E-state index contributed by atoms with van der Waals surface area (Å²) in [6, 6.07) is 4.82. The van der Waals surface area contributed by atoms with E-state index in [-0.39, 0.29) is 11.9 Å². The Morgan fingerprint density at radius 2 is 2.26 bits per heavy atom. The van der Waals surface area contributed by atoms with Crippen LogP contribution in [0.15, 0.2) is 29.0 Å². The van der Waals surface area contributed by atoms with Gasteiger partial charge < -0.3 is 9.88 Å². The average Bonchev–Trinajstić information content (AvgIpc) is 2.79. The fourth-order valence-corrected chi connectivity index (χ4v) is 2.09. The van der Waals surface area contributed by atoms with Crippen LogP contribution < -0.4 is 5.32 Å². The first-order chi connectivity index (χ1) is 8.99. The van der Waals surface area contributed by atoms with Crippen LogP contribution in [-0.4, -0.2) is 20.7 Å². The van der Waals surface area contributed by atoms with Crippen molar-refractivity contribution < 1.29 is 4.79 Å². The molecule has 0 aliphatic carbocycles. The van der Waals surface area contributed by atoms with E-state index in [1.54, 1.807) is 29.1 Å². The fourth-order valence-electron chi connectivity index (χ4n) is 1.67. The van der Waals surface area contributed by atoms with Crippen molar-refractivity contribution in [1.29, 1.82) is 0 Å². The highest BCUT2D eigenvalue weighted by Crippen LogP contribution is 2.23. The summed E-state index contributed by atoms with van der Waals surface area (Å²) in [4.78, 5) is 12.1. The van der Waals surface area contributed by atoms with Gasteiger partial charge in [-0.2, -0.15) is 0 Å². The fraction of sp³-hybridized carbons (Fsp3) is 0.250. The summed E-state index contributed by atoms with van der Waals surface area (Å²) in [5.41, 5.74) is 0.502. The van der Waals surface area contributed by atoms with Gasteiger partial charge in [-0.25, -0.2) is 0 Å². The molecule has 1 aromatic heterocycles. The molecule has 1 amide bonds. The van der Waals surface area contributed by atoms with Crippen molar-refractivity contribution in [2.75, 3.05) is 0 Å². The highest BCUT2D eigenvalue weighted by Gasteiger charge is 2.15. The second kappa shape index (κ2) is 5.71. The molecule has 1 N–H and O–H groups in total. The Balaban J connectivity index is 2.13. The largest absolute Gasteiger partial charge is 0.342 e. The molecule has 7 heteroatoms. The van der Waals surface area contributed by atoms with Gasteiger partial charge in [-0.05, 0) is 41.1 Å². The number of nitrogens with one attached hydrogen (secondary N) is 1. The number of hydrogen-bond acceptors (Lipinski definition) is 3. The van der Waals surface area contributed by atoms with Crippen molar-refractivity contribution in [2.45, 2.75) is 13.0 Å². The minimum absolute atomic E-state index is 0.204. The quantitative estimate of drug-likeness (QED) is 0.932. The second-order valence-corrected chi connectivity index (χ2v) is 5.39. The molecule has 1 atom stereocenters. The summed E-state index contributed by atoms with van der Waals surface area (Å²) in [7, 11) is 1.83. The molecule has 0 radical (unpaired) electrons. The molecule has 0 saturated heterocycles. The zero-order chi connectivity index (χ0) is 14.0. The number of halogens is 2. The molecule has 1 aromatic carbocycles. The first kappa shape index (κ1) is 14.0. The molecule has 100 valence electrons. The van der Waals surface area contributed by atoms with Crippen molar-refractivity contribution in [1.82, 2.24) is 20.1 Å². The van der Waals surface area contributed by atoms with E-state index in [0.29, 0.717) is 16.4 Å². The van der Waals surface area contributed by atoms with Crippen LogP contribution in [0.1, 0.15) is 29.1 Å². The zero-order valence-electron chi connectivity index (χ0n) is 10.4. The molecule has 1 unspecified atom stereocenters. The van der Waals surface area contributed by atoms with Gasteiger partial charge in [0.25, 0.3) is 5.91 Å². The maximum absolute atomic E-state index is 12.1. The standard InChI is InChI=1S/C12H12BrClN4O/c1-7(11-17-15-6-18(11)2)16-12(19)8-3-4-9(13)10(14)5-8/h3-7H,1-2H3,(H,16,19). The van der Waals surface area contributed by atoms with E-state index in [9.17, 15) is 4.79 Å². The molecule has 2 rings (SSSR count). The van der Waals surface area contributed by atoms with E-state index in [1.807, 2.05) is 14.0 Å². The molecule has 0 aliphatic rings. The molecule has 5 nitrogen and oxygen atoms in total. The maximum atomic E-state index is 12.1. The van der Waals surface area contributed by atoms with Crippen LogP contribution >= 0.6 is 27.5 Å².